The van der Waals surface area contributed by atoms with Crippen LogP contribution in [0.1, 0.15) is 34.9 Å². The van der Waals surface area contributed by atoms with Crippen LogP contribution in [0.3, 0.4) is 0 Å². The number of benzene rings is 1. The molecule has 1 aromatic heterocycles. The van der Waals surface area contributed by atoms with Crippen molar-refractivity contribution < 1.29 is 18.7 Å². The molecule has 1 N–H and O–H groups in total. The van der Waals surface area contributed by atoms with Gasteiger partial charge in [0.2, 0.25) is 5.43 Å². The maximum Gasteiger partial charge on any atom is 0.278 e. The lowest BCUT2D eigenvalue weighted by molar-refractivity contribution is -0.0482. The Morgan fingerprint density at radius 1 is 1.12 bits per heavy atom. The predicted octanol–water partition coefficient (Wildman–Crippen LogP) is 2.08. The summed E-state index contributed by atoms with van der Waals surface area (Å²) in [6.07, 6.45) is 1.21. The third-order valence-electron chi connectivity index (χ3n) is 4.89. The van der Waals surface area contributed by atoms with Crippen molar-refractivity contribution in [3.63, 3.8) is 0 Å². The summed E-state index contributed by atoms with van der Waals surface area (Å²) in [7, 11) is 0. The van der Waals surface area contributed by atoms with Crippen LogP contribution >= 0.6 is 0 Å². The molecule has 2 aliphatic rings. The van der Waals surface area contributed by atoms with Gasteiger partial charge in [0, 0.05) is 18.7 Å². The summed E-state index contributed by atoms with van der Waals surface area (Å²) < 4.78 is 30.0. The second-order valence-corrected chi connectivity index (χ2v) is 6.63. The molecule has 3 heterocycles. The van der Waals surface area contributed by atoms with Gasteiger partial charge < -0.3 is 10.0 Å². The Morgan fingerprint density at radius 2 is 1.85 bits per heavy atom. The highest BCUT2D eigenvalue weighted by Gasteiger charge is 2.44. The van der Waals surface area contributed by atoms with Crippen molar-refractivity contribution in [1.82, 2.24) is 9.58 Å². The molecule has 2 bridgehead atoms. The second-order valence-electron chi connectivity index (χ2n) is 6.63. The topological polar surface area (TPSA) is 65.8 Å². The Morgan fingerprint density at radius 3 is 2.58 bits per heavy atom. The third kappa shape index (κ3) is 2.61. The van der Waals surface area contributed by atoms with E-state index in [1.54, 1.807) is 5.01 Å². The predicted molar refractivity (Wildman–Crippen MR) is 89.9 cm³/mol. The monoisotopic (exact) mass is 361 g/mol. The summed E-state index contributed by atoms with van der Waals surface area (Å²) in [6.45, 7) is -0.796. The van der Waals surface area contributed by atoms with E-state index in [2.05, 4.69) is 0 Å². The Balaban J connectivity index is 1.91. The summed E-state index contributed by atoms with van der Waals surface area (Å²) in [4.78, 5) is 25.4. The SMILES string of the molecule is O=C1c2c(O)c(=O)ccn2N2CN1CC(F)(F)CCC2c1ccccc1. The lowest BCUT2D eigenvalue weighted by atomic mass is 9.97. The van der Waals surface area contributed by atoms with E-state index in [1.165, 1.54) is 10.9 Å². The van der Waals surface area contributed by atoms with Gasteiger partial charge in [0.25, 0.3) is 11.8 Å². The van der Waals surface area contributed by atoms with Crippen LogP contribution in [0.2, 0.25) is 0 Å². The smallest absolute Gasteiger partial charge is 0.278 e. The van der Waals surface area contributed by atoms with E-state index in [1.807, 2.05) is 30.3 Å². The Labute approximate surface area is 147 Å². The molecule has 0 radical (unpaired) electrons. The van der Waals surface area contributed by atoms with Gasteiger partial charge in [-0.1, -0.05) is 30.3 Å². The summed E-state index contributed by atoms with van der Waals surface area (Å²) in [5, 5.41) is 11.9. The highest BCUT2D eigenvalue weighted by atomic mass is 19.3. The number of alkyl halides is 2. The molecule has 4 rings (SSSR count). The summed E-state index contributed by atoms with van der Waals surface area (Å²) in [5.74, 6) is -4.53. The van der Waals surface area contributed by atoms with Gasteiger partial charge in [0.05, 0.1) is 12.6 Å². The van der Waals surface area contributed by atoms with Gasteiger partial charge >= 0.3 is 0 Å². The van der Waals surface area contributed by atoms with E-state index in [4.69, 9.17) is 0 Å². The van der Waals surface area contributed by atoms with Crippen LogP contribution in [-0.4, -0.2) is 39.7 Å². The van der Waals surface area contributed by atoms with Crippen molar-refractivity contribution in [3.05, 3.63) is 64.1 Å². The van der Waals surface area contributed by atoms with Gasteiger partial charge in [0.15, 0.2) is 11.4 Å². The average molecular weight is 361 g/mol. The molecule has 0 aliphatic carbocycles. The van der Waals surface area contributed by atoms with Gasteiger partial charge in [-0.3, -0.25) is 19.3 Å². The molecular formula is C18H17F2N3O3. The molecule has 8 heteroatoms. The molecule has 136 valence electrons. The first kappa shape index (κ1) is 16.6. The standard InChI is InChI=1S/C18H17F2N3O3/c19-18(20)8-6-13(12-4-2-1-3-5-12)23-11-21(10-18)17(26)15-16(25)14(24)7-9-22(15)23/h1-5,7,9,13,25H,6,8,10-11H2. The number of carbonyl (C=O) groups is 1. The Kier molecular flexibility index (Phi) is 3.71. The Hall–Kier alpha value is -2.90. The summed E-state index contributed by atoms with van der Waals surface area (Å²) in [5.41, 5.74) is -0.169. The van der Waals surface area contributed by atoms with Crippen molar-refractivity contribution in [2.75, 3.05) is 18.2 Å². The molecule has 1 unspecified atom stereocenters. The van der Waals surface area contributed by atoms with Gasteiger partial charge in [-0.25, -0.2) is 8.78 Å². The number of halogens is 2. The van der Waals surface area contributed by atoms with E-state index < -0.39 is 35.6 Å². The minimum atomic E-state index is -3.04. The van der Waals surface area contributed by atoms with Crippen molar-refractivity contribution in [2.45, 2.75) is 24.8 Å². The van der Waals surface area contributed by atoms with Crippen molar-refractivity contribution in [3.8, 4) is 5.75 Å². The summed E-state index contributed by atoms with van der Waals surface area (Å²) >= 11 is 0. The van der Waals surface area contributed by atoms with Gasteiger partial charge in [0.1, 0.15) is 6.67 Å². The first-order valence-electron chi connectivity index (χ1n) is 8.31. The summed E-state index contributed by atoms with van der Waals surface area (Å²) in [6, 6.07) is 9.89. The number of aromatic nitrogens is 1. The number of hydrogen-bond acceptors (Lipinski definition) is 4. The molecule has 2 aromatic rings. The molecule has 0 spiro atoms. The molecule has 26 heavy (non-hydrogen) atoms. The number of rotatable bonds is 1. The van der Waals surface area contributed by atoms with Crippen LogP contribution in [0.25, 0.3) is 0 Å². The minimum absolute atomic E-state index is 0.0523. The first-order valence-corrected chi connectivity index (χ1v) is 8.31. The van der Waals surface area contributed by atoms with Crippen LogP contribution < -0.4 is 10.4 Å². The molecule has 1 aromatic carbocycles. The molecule has 0 saturated carbocycles. The molecule has 1 atom stereocenters. The van der Waals surface area contributed by atoms with Crippen LogP contribution in [0.15, 0.2) is 47.4 Å². The van der Waals surface area contributed by atoms with Crippen molar-refractivity contribution in [2.24, 2.45) is 0 Å². The normalized spacial score (nSPS) is 21.8. The van der Waals surface area contributed by atoms with E-state index >= 15 is 0 Å². The number of aromatic hydroxyl groups is 1. The van der Waals surface area contributed by atoms with Gasteiger partial charge in [-0.05, 0) is 12.0 Å². The highest BCUT2D eigenvalue weighted by molar-refractivity contribution is 5.96. The van der Waals surface area contributed by atoms with E-state index in [0.717, 1.165) is 16.5 Å². The van der Waals surface area contributed by atoms with Gasteiger partial charge in [-0.2, -0.15) is 0 Å². The molecule has 1 saturated heterocycles. The van der Waals surface area contributed by atoms with Crippen LogP contribution in [-0.2, 0) is 0 Å². The van der Waals surface area contributed by atoms with Crippen molar-refractivity contribution in [1.29, 1.82) is 0 Å². The zero-order chi connectivity index (χ0) is 18.5. The Bertz CT molecular complexity index is 914. The fourth-order valence-corrected chi connectivity index (χ4v) is 3.63. The fraction of sp³-hybridized carbons (Fsp3) is 0.333. The van der Waals surface area contributed by atoms with Crippen LogP contribution in [0.5, 0.6) is 5.75 Å². The number of pyridine rings is 1. The number of amides is 1. The largest absolute Gasteiger partial charge is 0.502 e. The van der Waals surface area contributed by atoms with E-state index in [-0.39, 0.29) is 25.2 Å². The quantitative estimate of drug-likeness (QED) is 0.845. The minimum Gasteiger partial charge on any atom is -0.502 e. The lowest BCUT2D eigenvalue weighted by Gasteiger charge is -2.46. The molecule has 6 nitrogen and oxygen atoms in total. The highest BCUT2D eigenvalue weighted by Crippen LogP contribution is 2.36. The zero-order valence-electron chi connectivity index (χ0n) is 13.8. The number of nitrogens with zero attached hydrogens (tertiary/aromatic N) is 3. The van der Waals surface area contributed by atoms with Crippen molar-refractivity contribution >= 4 is 5.91 Å². The van der Waals surface area contributed by atoms with E-state index in [0.29, 0.717) is 0 Å². The molecule has 1 fully saturated rings. The number of carbonyl (C=O) groups excluding carboxylic acids is 1. The molecular weight excluding hydrogens is 344 g/mol. The third-order valence-corrected chi connectivity index (χ3v) is 4.89. The van der Waals surface area contributed by atoms with Crippen LogP contribution in [0, 0.1) is 0 Å². The number of hydrogen-bond donors (Lipinski definition) is 1. The fourth-order valence-electron chi connectivity index (χ4n) is 3.63. The maximum atomic E-state index is 14.3. The first-order chi connectivity index (χ1) is 12.4. The molecule has 2 aliphatic heterocycles. The average Bonchev–Trinajstić information content (AvgIpc) is 2.60. The zero-order valence-corrected chi connectivity index (χ0v) is 13.8. The molecule has 1 amide bonds. The second kappa shape index (κ2) is 5.82. The lowest BCUT2D eigenvalue weighted by Crippen LogP contribution is -2.59. The maximum absolute atomic E-state index is 14.3. The van der Waals surface area contributed by atoms with E-state index in [9.17, 15) is 23.5 Å². The van der Waals surface area contributed by atoms with Gasteiger partial charge in [-0.15, -0.1) is 0 Å². The van der Waals surface area contributed by atoms with Crippen LogP contribution in [0.4, 0.5) is 8.78 Å². The number of fused-ring (bicyclic) bond motifs is 4.